The lowest BCUT2D eigenvalue weighted by Gasteiger charge is -2.25. The van der Waals surface area contributed by atoms with E-state index < -0.39 is 25.3 Å². The van der Waals surface area contributed by atoms with Crippen molar-refractivity contribution >= 4 is 19.2 Å². The standard InChI is InChI=1S/C23H28NO5P/c25-22(24-15-7-14-21(24)23(26)27)18-30(28,29-17-20-11-5-2-6-12-20)16-8-13-19-9-3-1-4-10-19/h1-6,9-12,21H,7-8,13-18H2,(H,26,27)/t21-,30?/m0/s1. The second kappa shape index (κ2) is 10.6. The molecule has 0 spiro atoms. The Morgan fingerprint density at radius 2 is 1.67 bits per heavy atom. The van der Waals surface area contributed by atoms with Crippen LogP contribution in [0.25, 0.3) is 0 Å². The molecule has 1 heterocycles. The number of carbonyl (C=O) groups excluding carboxylic acids is 1. The molecule has 30 heavy (non-hydrogen) atoms. The van der Waals surface area contributed by atoms with E-state index in [4.69, 9.17) is 4.52 Å². The first-order chi connectivity index (χ1) is 14.5. The summed E-state index contributed by atoms with van der Waals surface area (Å²) in [6.07, 6.45) is 2.49. The molecular formula is C23H28NO5P. The fraction of sp³-hybridized carbons (Fsp3) is 0.391. The number of aryl methyl sites for hydroxylation is 1. The van der Waals surface area contributed by atoms with Crippen LogP contribution in [-0.4, -0.2) is 46.8 Å². The predicted molar refractivity (Wildman–Crippen MR) is 116 cm³/mol. The maximum Gasteiger partial charge on any atom is 0.326 e. The molecule has 2 aromatic rings. The van der Waals surface area contributed by atoms with Crippen LogP contribution in [0.15, 0.2) is 60.7 Å². The lowest BCUT2D eigenvalue weighted by Crippen LogP contribution is -2.42. The fourth-order valence-electron chi connectivity index (χ4n) is 3.74. The maximum atomic E-state index is 13.6. The molecule has 0 aromatic heterocycles. The van der Waals surface area contributed by atoms with Crippen molar-refractivity contribution in [2.24, 2.45) is 0 Å². The molecule has 1 aliphatic heterocycles. The van der Waals surface area contributed by atoms with Crippen LogP contribution in [0, 0.1) is 0 Å². The summed E-state index contributed by atoms with van der Waals surface area (Å²) in [4.78, 5) is 25.6. The summed E-state index contributed by atoms with van der Waals surface area (Å²) in [6.45, 7) is 0.553. The molecule has 1 saturated heterocycles. The van der Waals surface area contributed by atoms with E-state index in [9.17, 15) is 19.3 Å². The second-order valence-corrected chi connectivity index (χ2v) is 10.3. The zero-order valence-corrected chi connectivity index (χ0v) is 17.9. The molecule has 0 saturated carbocycles. The average molecular weight is 429 g/mol. The number of hydrogen-bond acceptors (Lipinski definition) is 4. The Bertz CT molecular complexity index is 887. The quantitative estimate of drug-likeness (QED) is 0.573. The van der Waals surface area contributed by atoms with E-state index in [1.807, 2.05) is 60.7 Å². The third-order valence-electron chi connectivity index (χ3n) is 5.35. The number of rotatable bonds is 10. The molecule has 1 amide bonds. The van der Waals surface area contributed by atoms with Gasteiger partial charge in [-0.15, -0.1) is 0 Å². The highest BCUT2D eigenvalue weighted by Crippen LogP contribution is 2.49. The summed E-state index contributed by atoms with van der Waals surface area (Å²) in [5, 5.41) is 9.36. The highest BCUT2D eigenvalue weighted by molar-refractivity contribution is 7.59. The fourth-order valence-corrected chi connectivity index (χ4v) is 5.74. The molecule has 0 bridgehead atoms. The van der Waals surface area contributed by atoms with Crippen LogP contribution >= 0.6 is 7.37 Å². The number of carbonyl (C=O) groups is 2. The molecular weight excluding hydrogens is 401 g/mol. The molecule has 1 N–H and O–H groups in total. The normalized spacial score (nSPS) is 18.1. The van der Waals surface area contributed by atoms with Gasteiger partial charge in [-0.1, -0.05) is 60.7 Å². The SMILES string of the molecule is O=C(O)[C@@H]1CCCN1C(=O)CP(=O)(CCCc1ccccc1)OCc1ccccc1. The second-order valence-electron chi connectivity index (χ2n) is 7.63. The van der Waals surface area contributed by atoms with E-state index >= 15 is 0 Å². The molecule has 7 heteroatoms. The lowest BCUT2D eigenvalue weighted by atomic mass is 10.1. The summed E-state index contributed by atoms with van der Waals surface area (Å²) in [5.41, 5.74) is 2.03. The van der Waals surface area contributed by atoms with Crippen LogP contribution in [-0.2, 0) is 31.7 Å². The van der Waals surface area contributed by atoms with Crippen LogP contribution in [0.2, 0.25) is 0 Å². The number of nitrogens with zero attached hydrogens (tertiary/aromatic N) is 1. The van der Waals surface area contributed by atoms with Crippen molar-refractivity contribution in [1.82, 2.24) is 4.90 Å². The van der Waals surface area contributed by atoms with Crippen LogP contribution < -0.4 is 0 Å². The maximum absolute atomic E-state index is 13.6. The lowest BCUT2D eigenvalue weighted by molar-refractivity contribution is -0.147. The molecule has 3 rings (SSSR count). The van der Waals surface area contributed by atoms with Gasteiger partial charge in [-0.25, -0.2) is 4.79 Å². The summed E-state index contributed by atoms with van der Waals surface area (Å²) >= 11 is 0. The Morgan fingerprint density at radius 3 is 2.30 bits per heavy atom. The molecule has 2 aromatic carbocycles. The molecule has 6 nitrogen and oxygen atoms in total. The number of aliphatic carboxylic acids is 1. The minimum absolute atomic E-state index is 0.166. The zero-order chi connectivity index (χ0) is 21.4. The topological polar surface area (TPSA) is 83.9 Å². The molecule has 1 aliphatic rings. The number of hydrogen-bond donors (Lipinski definition) is 1. The van der Waals surface area contributed by atoms with Gasteiger partial charge >= 0.3 is 5.97 Å². The van der Waals surface area contributed by atoms with Gasteiger partial charge in [0.05, 0.1) is 6.61 Å². The Labute approximate surface area is 177 Å². The molecule has 0 radical (unpaired) electrons. The summed E-state index contributed by atoms with van der Waals surface area (Å²) in [5.74, 6) is -1.40. The van der Waals surface area contributed by atoms with Crippen LogP contribution in [0.5, 0.6) is 0 Å². The monoisotopic (exact) mass is 429 g/mol. The van der Waals surface area contributed by atoms with Gasteiger partial charge in [0.1, 0.15) is 12.2 Å². The van der Waals surface area contributed by atoms with Gasteiger partial charge < -0.3 is 14.5 Å². The molecule has 2 atom stereocenters. The summed E-state index contributed by atoms with van der Waals surface area (Å²) < 4.78 is 19.4. The van der Waals surface area contributed by atoms with E-state index in [0.29, 0.717) is 25.8 Å². The Morgan fingerprint density at radius 1 is 1.03 bits per heavy atom. The number of carboxylic acids is 1. The highest BCUT2D eigenvalue weighted by atomic mass is 31.2. The van der Waals surface area contributed by atoms with Crippen molar-refractivity contribution < 1.29 is 23.8 Å². The van der Waals surface area contributed by atoms with Gasteiger partial charge in [0, 0.05) is 12.7 Å². The van der Waals surface area contributed by atoms with Crippen molar-refractivity contribution in [2.75, 3.05) is 18.9 Å². The summed E-state index contributed by atoms with van der Waals surface area (Å²) in [6, 6.07) is 18.5. The number of benzene rings is 2. The molecule has 0 aliphatic carbocycles. The van der Waals surface area contributed by atoms with Gasteiger partial charge in [0.2, 0.25) is 13.3 Å². The zero-order valence-electron chi connectivity index (χ0n) is 17.0. The first kappa shape index (κ1) is 22.3. The predicted octanol–water partition coefficient (Wildman–Crippen LogP) is 4.19. The van der Waals surface area contributed by atoms with Crippen LogP contribution in [0.4, 0.5) is 0 Å². The smallest absolute Gasteiger partial charge is 0.326 e. The van der Waals surface area contributed by atoms with E-state index in [0.717, 1.165) is 17.5 Å². The van der Waals surface area contributed by atoms with E-state index in [1.54, 1.807) is 0 Å². The van der Waals surface area contributed by atoms with Gasteiger partial charge in [-0.05, 0) is 36.8 Å². The largest absolute Gasteiger partial charge is 0.480 e. The third-order valence-corrected chi connectivity index (χ3v) is 7.70. The molecule has 1 unspecified atom stereocenters. The first-order valence-corrected chi connectivity index (χ1v) is 12.3. The van der Waals surface area contributed by atoms with Crippen LogP contribution in [0.1, 0.15) is 30.4 Å². The van der Waals surface area contributed by atoms with Crippen molar-refractivity contribution in [3.05, 3.63) is 71.8 Å². The molecule has 1 fully saturated rings. The first-order valence-electron chi connectivity index (χ1n) is 10.3. The average Bonchev–Trinajstić information content (AvgIpc) is 3.25. The van der Waals surface area contributed by atoms with Gasteiger partial charge in [-0.3, -0.25) is 9.36 Å². The Balaban J connectivity index is 1.66. The van der Waals surface area contributed by atoms with E-state index in [-0.39, 0.29) is 18.9 Å². The van der Waals surface area contributed by atoms with E-state index in [1.165, 1.54) is 4.90 Å². The third kappa shape index (κ3) is 6.28. The van der Waals surface area contributed by atoms with Gasteiger partial charge in [0.15, 0.2) is 0 Å². The number of carboxylic acid groups (broad SMARTS) is 1. The Kier molecular flexibility index (Phi) is 7.83. The summed E-state index contributed by atoms with van der Waals surface area (Å²) in [7, 11) is -3.27. The van der Waals surface area contributed by atoms with Crippen molar-refractivity contribution in [2.45, 2.75) is 38.3 Å². The highest BCUT2D eigenvalue weighted by Gasteiger charge is 2.37. The van der Waals surface area contributed by atoms with Gasteiger partial charge in [-0.2, -0.15) is 0 Å². The minimum Gasteiger partial charge on any atom is -0.480 e. The Hall–Kier alpha value is -2.43. The molecule has 160 valence electrons. The van der Waals surface area contributed by atoms with Crippen molar-refractivity contribution in [3.8, 4) is 0 Å². The van der Waals surface area contributed by atoms with Crippen molar-refractivity contribution in [3.63, 3.8) is 0 Å². The number of likely N-dealkylation sites (tertiary alicyclic amines) is 1. The minimum atomic E-state index is -3.27. The van der Waals surface area contributed by atoms with Crippen LogP contribution in [0.3, 0.4) is 0 Å². The van der Waals surface area contributed by atoms with Gasteiger partial charge in [0.25, 0.3) is 0 Å². The van der Waals surface area contributed by atoms with E-state index in [2.05, 4.69) is 0 Å². The van der Waals surface area contributed by atoms with Crippen molar-refractivity contribution in [1.29, 1.82) is 0 Å². The number of amides is 1.